The van der Waals surface area contributed by atoms with Crippen LogP contribution in [0.1, 0.15) is 35.7 Å². The van der Waals surface area contributed by atoms with Crippen molar-refractivity contribution in [1.82, 2.24) is 0 Å². The van der Waals surface area contributed by atoms with Gasteiger partial charge in [0.15, 0.2) is 0 Å². The first-order valence-electron chi connectivity index (χ1n) is 6.27. The number of anilines is 1. The molecule has 0 spiro atoms. The molecule has 4 nitrogen and oxygen atoms in total. The number of hydrogen-bond donors (Lipinski definition) is 3. The largest absolute Gasteiger partial charge is 0.478 e. The zero-order valence-corrected chi connectivity index (χ0v) is 10.9. The Labute approximate surface area is 108 Å². The number of benzene rings is 1. The fourth-order valence-electron chi connectivity index (χ4n) is 1.96. The van der Waals surface area contributed by atoms with E-state index in [4.69, 9.17) is 10.2 Å². The second-order valence-electron chi connectivity index (χ2n) is 4.47. The second kappa shape index (κ2) is 7.01. The number of aliphatic hydroxyl groups is 1. The maximum absolute atomic E-state index is 11.1. The molecular weight excluding hydrogens is 230 g/mol. The minimum atomic E-state index is -0.920. The van der Waals surface area contributed by atoms with Crippen LogP contribution in [-0.2, 0) is 0 Å². The van der Waals surface area contributed by atoms with E-state index in [0.717, 1.165) is 18.4 Å². The van der Waals surface area contributed by atoms with Crippen molar-refractivity contribution >= 4 is 11.7 Å². The van der Waals surface area contributed by atoms with E-state index in [1.54, 1.807) is 12.1 Å². The van der Waals surface area contributed by atoms with E-state index in [9.17, 15) is 4.79 Å². The van der Waals surface area contributed by atoms with Crippen molar-refractivity contribution in [3.8, 4) is 0 Å². The van der Waals surface area contributed by atoms with Crippen molar-refractivity contribution in [2.24, 2.45) is 5.92 Å². The number of hydrogen-bond acceptors (Lipinski definition) is 3. The molecular formula is C14H21NO3. The van der Waals surface area contributed by atoms with E-state index in [1.165, 1.54) is 0 Å². The lowest BCUT2D eigenvalue weighted by atomic mass is 10.0. The molecule has 18 heavy (non-hydrogen) atoms. The summed E-state index contributed by atoms with van der Waals surface area (Å²) in [5.41, 5.74) is 1.91. The van der Waals surface area contributed by atoms with Gasteiger partial charge < -0.3 is 15.5 Å². The van der Waals surface area contributed by atoms with E-state index in [0.29, 0.717) is 23.7 Å². The highest BCUT2D eigenvalue weighted by molar-refractivity contribution is 5.95. The lowest BCUT2D eigenvalue weighted by Crippen LogP contribution is -2.17. The molecule has 0 saturated heterocycles. The zero-order valence-electron chi connectivity index (χ0n) is 10.9. The molecule has 4 heteroatoms. The summed E-state index contributed by atoms with van der Waals surface area (Å²) in [6.07, 6.45) is 1.69. The molecule has 0 saturated carbocycles. The Morgan fingerprint density at radius 1 is 1.44 bits per heavy atom. The number of rotatable bonds is 7. The molecule has 0 bridgehead atoms. The maximum Gasteiger partial charge on any atom is 0.337 e. The average molecular weight is 251 g/mol. The average Bonchev–Trinajstić information content (AvgIpc) is 2.35. The van der Waals surface area contributed by atoms with Gasteiger partial charge in [-0.25, -0.2) is 4.79 Å². The molecule has 3 N–H and O–H groups in total. The van der Waals surface area contributed by atoms with Crippen LogP contribution in [0.25, 0.3) is 0 Å². The molecule has 0 amide bonds. The summed E-state index contributed by atoms with van der Waals surface area (Å²) < 4.78 is 0. The van der Waals surface area contributed by atoms with Crippen LogP contribution in [0.2, 0.25) is 0 Å². The van der Waals surface area contributed by atoms with Crippen molar-refractivity contribution in [2.45, 2.75) is 26.7 Å². The highest BCUT2D eigenvalue weighted by Gasteiger charge is 2.13. The predicted octanol–water partition coefficient (Wildman–Crippen LogP) is 2.51. The summed E-state index contributed by atoms with van der Waals surface area (Å²) in [6, 6.07) is 5.24. The van der Waals surface area contributed by atoms with Crippen molar-refractivity contribution in [2.75, 3.05) is 18.5 Å². The van der Waals surface area contributed by atoms with Crippen molar-refractivity contribution < 1.29 is 15.0 Å². The summed E-state index contributed by atoms with van der Waals surface area (Å²) in [7, 11) is 0. The molecule has 1 rings (SSSR count). The summed E-state index contributed by atoms with van der Waals surface area (Å²) in [4.78, 5) is 11.1. The first kappa shape index (κ1) is 14.5. The summed E-state index contributed by atoms with van der Waals surface area (Å²) in [5, 5.41) is 21.3. The fraction of sp³-hybridized carbons (Fsp3) is 0.500. The van der Waals surface area contributed by atoms with Gasteiger partial charge >= 0.3 is 5.97 Å². The van der Waals surface area contributed by atoms with Gasteiger partial charge in [-0.3, -0.25) is 0 Å². The Hall–Kier alpha value is -1.55. The third kappa shape index (κ3) is 3.74. The van der Waals surface area contributed by atoms with Gasteiger partial charge in [-0.2, -0.15) is 0 Å². The van der Waals surface area contributed by atoms with Gasteiger partial charge in [0, 0.05) is 13.2 Å². The van der Waals surface area contributed by atoms with Gasteiger partial charge in [-0.1, -0.05) is 25.5 Å². The van der Waals surface area contributed by atoms with E-state index in [-0.39, 0.29) is 6.61 Å². The first-order chi connectivity index (χ1) is 8.60. The van der Waals surface area contributed by atoms with E-state index >= 15 is 0 Å². The molecule has 0 aromatic heterocycles. The standard InChI is InChI=1S/C14H21NO3/c1-3-11(7-8-16)9-15-13-10(2)5-4-6-12(13)14(17)18/h4-6,11,15-16H,3,7-9H2,1-2H3,(H,17,18). The second-order valence-corrected chi connectivity index (χ2v) is 4.47. The van der Waals surface area contributed by atoms with Crippen molar-refractivity contribution in [3.63, 3.8) is 0 Å². The summed E-state index contributed by atoms with van der Waals surface area (Å²) in [6.45, 7) is 4.81. The van der Waals surface area contributed by atoms with Crippen molar-refractivity contribution in [1.29, 1.82) is 0 Å². The smallest absolute Gasteiger partial charge is 0.337 e. The van der Waals surface area contributed by atoms with E-state index in [1.807, 2.05) is 13.0 Å². The predicted molar refractivity (Wildman–Crippen MR) is 72.1 cm³/mol. The van der Waals surface area contributed by atoms with Gasteiger partial charge in [-0.15, -0.1) is 0 Å². The lowest BCUT2D eigenvalue weighted by molar-refractivity contribution is 0.0697. The summed E-state index contributed by atoms with van der Waals surface area (Å²) in [5.74, 6) is -0.562. The molecule has 0 radical (unpaired) electrons. The Morgan fingerprint density at radius 2 is 2.17 bits per heavy atom. The van der Waals surface area contributed by atoms with Crippen LogP contribution >= 0.6 is 0 Å². The topological polar surface area (TPSA) is 69.6 Å². The van der Waals surface area contributed by atoms with Gasteiger partial charge in [0.2, 0.25) is 0 Å². The number of para-hydroxylation sites is 1. The molecule has 1 unspecified atom stereocenters. The number of carboxylic acids is 1. The molecule has 100 valence electrons. The van der Waals surface area contributed by atoms with Gasteiger partial charge in [0.25, 0.3) is 0 Å². The quantitative estimate of drug-likeness (QED) is 0.696. The Balaban J connectivity index is 2.80. The van der Waals surface area contributed by atoms with Gasteiger partial charge in [0.05, 0.1) is 11.3 Å². The van der Waals surface area contributed by atoms with Crippen LogP contribution in [0.15, 0.2) is 18.2 Å². The molecule has 1 aromatic rings. The fourth-order valence-corrected chi connectivity index (χ4v) is 1.96. The molecule has 0 aliphatic carbocycles. The Kier molecular flexibility index (Phi) is 5.65. The normalized spacial score (nSPS) is 12.2. The number of carboxylic acid groups (broad SMARTS) is 1. The van der Waals surface area contributed by atoms with Crippen LogP contribution in [0.4, 0.5) is 5.69 Å². The number of aryl methyl sites for hydroxylation is 1. The van der Waals surface area contributed by atoms with Gasteiger partial charge in [0.1, 0.15) is 0 Å². The monoisotopic (exact) mass is 251 g/mol. The number of aliphatic hydroxyl groups excluding tert-OH is 1. The highest BCUT2D eigenvalue weighted by Crippen LogP contribution is 2.21. The molecule has 0 heterocycles. The van der Waals surface area contributed by atoms with Gasteiger partial charge in [-0.05, 0) is 30.9 Å². The summed E-state index contributed by atoms with van der Waals surface area (Å²) >= 11 is 0. The van der Waals surface area contributed by atoms with Crippen LogP contribution in [0.3, 0.4) is 0 Å². The minimum Gasteiger partial charge on any atom is -0.478 e. The highest BCUT2D eigenvalue weighted by atomic mass is 16.4. The SMILES string of the molecule is CCC(CCO)CNc1c(C)cccc1C(=O)O. The molecule has 0 aliphatic heterocycles. The maximum atomic E-state index is 11.1. The first-order valence-corrected chi connectivity index (χ1v) is 6.27. The molecule has 1 atom stereocenters. The van der Waals surface area contributed by atoms with Crippen LogP contribution in [-0.4, -0.2) is 29.3 Å². The minimum absolute atomic E-state index is 0.166. The number of carbonyl (C=O) groups is 1. The molecule has 0 fully saturated rings. The number of aromatic carboxylic acids is 1. The van der Waals surface area contributed by atoms with Crippen molar-refractivity contribution in [3.05, 3.63) is 29.3 Å². The van der Waals surface area contributed by atoms with Crippen LogP contribution in [0, 0.1) is 12.8 Å². The zero-order chi connectivity index (χ0) is 13.5. The van der Waals surface area contributed by atoms with Crippen LogP contribution < -0.4 is 5.32 Å². The number of nitrogens with one attached hydrogen (secondary N) is 1. The third-order valence-corrected chi connectivity index (χ3v) is 3.19. The Morgan fingerprint density at radius 3 is 2.72 bits per heavy atom. The van der Waals surface area contributed by atoms with Crippen LogP contribution in [0.5, 0.6) is 0 Å². The van der Waals surface area contributed by atoms with E-state index in [2.05, 4.69) is 12.2 Å². The Bertz CT molecular complexity index is 404. The third-order valence-electron chi connectivity index (χ3n) is 3.19. The lowest BCUT2D eigenvalue weighted by Gasteiger charge is -2.18. The van der Waals surface area contributed by atoms with E-state index < -0.39 is 5.97 Å². The molecule has 0 aliphatic rings. The molecule has 1 aromatic carbocycles.